The number of fused-ring (bicyclic) bond motifs is 1. The zero-order valence-corrected chi connectivity index (χ0v) is 12.2. The van der Waals surface area contributed by atoms with Crippen molar-refractivity contribution in [3.05, 3.63) is 18.0 Å². The third-order valence-electron chi connectivity index (χ3n) is 4.24. The number of aliphatic hydroxyl groups excluding tert-OH is 1. The number of aliphatic hydroxyl groups is 1. The van der Waals surface area contributed by atoms with Crippen LogP contribution in [0.15, 0.2) is 12.4 Å². The van der Waals surface area contributed by atoms with E-state index in [0.29, 0.717) is 24.6 Å². The Morgan fingerprint density at radius 3 is 3.14 bits per heavy atom. The van der Waals surface area contributed by atoms with Gasteiger partial charge >= 0.3 is 0 Å². The maximum Gasteiger partial charge on any atom is 0.254 e. The van der Waals surface area contributed by atoms with E-state index in [4.69, 9.17) is 9.84 Å². The molecule has 2 aliphatic heterocycles. The van der Waals surface area contributed by atoms with Crippen LogP contribution in [-0.2, 0) is 11.8 Å². The minimum absolute atomic E-state index is 0.0687. The molecule has 3 rings (SSSR count). The fourth-order valence-electron chi connectivity index (χ4n) is 3.17. The Balaban J connectivity index is 1.54. The van der Waals surface area contributed by atoms with Crippen molar-refractivity contribution < 1.29 is 14.6 Å². The summed E-state index contributed by atoms with van der Waals surface area (Å²) >= 11 is 0. The molecule has 7 heteroatoms. The molecular formula is C14H22N4O3. The number of carbonyl (C=O) groups is 1. The van der Waals surface area contributed by atoms with E-state index in [1.54, 1.807) is 24.1 Å². The maximum absolute atomic E-state index is 12.1. The number of ether oxygens (including phenoxy) is 1. The first-order valence-corrected chi connectivity index (χ1v) is 7.41. The second-order valence-electron chi connectivity index (χ2n) is 5.88. The zero-order chi connectivity index (χ0) is 14.8. The number of nitrogens with zero attached hydrogens (tertiary/aromatic N) is 3. The van der Waals surface area contributed by atoms with Crippen LogP contribution >= 0.6 is 0 Å². The lowest BCUT2D eigenvalue weighted by atomic mass is 10.1. The predicted molar refractivity (Wildman–Crippen MR) is 75.9 cm³/mol. The summed E-state index contributed by atoms with van der Waals surface area (Å²) in [7, 11) is 1.80. The first kappa shape index (κ1) is 14.5. The number of aromatic nitrogens is 2. The number of amides is 1. The van der Waals surface area contributed by atoms with Crippen LogP contribution in [0.25, 0.3) is 0 Å². The van der Waals surface area contributed by atoms with Crippen molar-refractivity contribution in [3.63, 3.8) is 0 Å². The first-order chi connectivity index (χ1) is 10.2. The van der Waals surface area contributed by atoms with E-state index in [0.717, 1.165) is 19.5 Å². The van der Waals surface area contributed by atoms with Gasteiger partial charge in [0.25, 0.3) is 5.91 Å². The molecule has 0 radical (unpaired) electrons. The molecule has 3 atom stereocenters. The van der Waals surface area contributed by atoms with Crippen LogP contribution < -0.4 is 5.32 Å². The van der Waals surface area contributed by atoms with Crippen LogP contribution in [-0.4, -0.2) is 70.2 Å². The molecule has 2 N–H and O–H groups in total. The Labute approximate surface area is 123 Å². The molecule has 1 aromatic heterocycles. The van der Waals surface area contributed by atoms with Crippen molar-refractivity contribution in [2.45, 2.75) is 31.0 Å². The van der Waals surface area contributed by atoms with E-state index < -0.39 is 0 Å². The second kappa shape index (κ2) is 6.13. The Morgan fingerprint density at radius 2 is 2.43 bits per heavy atom. The topological polar surface area (TPSA) is 79.6 Å². The van der Waals surface area contributed by atoms with Gasteiger partial charge in [-0.1, -0.05) is 0 Å². The maximum atomic E-state index is 12.1. The molecule has 0 aromatic carbocycles. The van der Waals surface area contributed by atoms with Gasteiger partial charge in [0.2, 0.25) is 0 Å². The fraction of sp³-hybridized carbons (Fsp3) is 0.714. The van der Waals surface area contributed by atoms with Gasteiger partial charge in [0.05, 0.1) is 24.5 Å². The molecular weight excluding hydrogens is 272 g/mol. The van der Waals surface area contributed by atoms with E-state index >= 15 is 0 Å². The van der Waals surface area contributed by atoms with E-state index in [1.165, 1.54) is 0 Å². The molecule has 0 unspecified atom stereocenters. The van der Waals surface area contributed by atoms with Gasteiger partial charge in [-0.2, -0.15) is 5.10 Å². The average molecular weight is 294 g/mol. The van der Waals surface area contributed by atoms with Gasteiger partial charge in [-0.3, -0.25) is 14.4 Å². The summed E-state index contributed by atoms with van der Waals surface area (Å²) in [5.74, 6) is -0.0687. The van der Waals surface area contributed by atoms with Crippen LogP contribution in [0.5, 0.6) is 0 Å². The summed E-state index contributed by atoms with van der Waals surface area (Å²) in [5, 5.41) is 16.1. The molecule has 0 spiro atoms. The lowest BCUT2D eigenvalue weighted by Gasteiger charge is -2.34. The first-order valence-electron chi connectivity index (χ1n) is 7.41. The molecule has 0 aliphatic carbocycles. The van der Waals surface area contributed by atoms with Crippen LogP contribution in [0.1, 0.15) is 23.2 Å². The summed E-state index contributed by atoms with van der Waals surface area (Å²) in [5.41, 5.74) is 0.594. The summed E-state index contributed by atoms with van der Waals surface area (Å²) in [6.07, 6.45) is 5.00. The molecule has 2 fully saturated rings. The van der Waals surface area contributed by atoms with Crippen molar-refractivity contribution in [1.29, 1.82) is 0 Å². The largest absolute Gasteiger partial charge is 0.396 e. The fourth-order valence-corrected chi connectivity index (χ4v) is 3.17. The minimum atomic E-state index is -0.0687. The molecule has 116 valence electrons. The molecule has 21 heavy (non-hydrogen) atoms. The molecule has 1 aromatic rings. The highest BCUT2D eigenvalue weighted by molar-refractivity contribution is 5.93. The van der Waals surface area contributed by atoms with Crippen LogP contribution in [0, 0.1) is 0 Å². The molecule has 7 nitrogen and oxygen atoms in total. The number of carbonyl (C=O) groups excluding carboxylic acids is 1. The molecule has 2 saturated heterocycles. The van der Waals surface area contributed by atoms with Crippen molar-refractivity contribution >= 4 is 5.91 Å². The quantitative estimate of drug-likeness (QED) is 0.773. The van der Waals surface area contributed by atoms with Gasteiger partial charge in [-0.25, -0.2) is 0 Å². The van der Waals surface area contributed by atoms with Crippen LogP contribution in [0.2, 0.25) is 0 Å². The van der Waals surface area contributed by atoms with Crippen molar-refractivity contribution in [2.24, 2.45) is 7.05 Å². The summed E-state index contributed by atoms with van der Waals surface area (Å²) in [6, 6.07) is 0.526. The monoisotopic (exact) mass is 294 g/mol. The number of hydrogen-bond donors (Lipinski definition) is 2. The number of morpholine rings is 1. The highest BCUT2D eigenvalue weighted by Gasteiger charge is 2.37. The summed E-state index contributed by atoms with van der Waals surface area (Å²) in [6.45, 7) is 2.53. The van der Waals surface area contributed by atoms with Gasteiger partial charge in [0, 0.05) is 45.0 Å². The van der Waals surface area contributed by atoms with Gasteiger partial charge < -0.3 is 15.2 Å². The van der Waals surface area contributed by atoms with Gasteiger partial charge in [0.1, 0.15) is 0 Å². The number of hydrogen-bond acceptors (Lipinski definition) is 5. The van der Waals surface area contributed by atoms with Crippen molar-refractivity contribution in [2.75, 3.05) is 26.3 Å². The van der Waals surface area contributed by atoms with Gasteiger partial charge in [-0.15, -0.1) is 0 Å². The Bertz CT molecular complexity index is 504. The summed E-state index contributed by atoms with van der Waals surface area (Å²) < 4.78 is 7.37. The molecule has 0 saturated carbocycles. The normalized spacial score (nSPS) is 29.3. The smallest absolute Gasteiger partial charge is 0.254 e. The van der Waals surface area contributed by atoms with Crippen molar-refractivity contribution in [1.82, 2.24) is 20.0 Å². The Kier molecular flexibility index (Phi) is 4.23. The van der Waals surface area contributed by atoms with Crippen LogP contribution in [0.3, 0.4) is 0 Å². The van der Waals surface area contributed by atoms with E-state index in [2.05, 4.69) is 15.3 Å². The highest BCUT2D eigenvalue weighted by Crippen LogP contribution is 2.24. The van der Waals surface area contributed by atoms with E-state index in [9.17, 15) is 4.79 Å². The number of nitrogens with one attached hydrogen (secondary N) is 1. The molecule has 0 bridgehead atoms. The van der Waals surface area contributed by atoms with Crippen LogP contribution in [0.4, 0.5) is 0 Å². The lowest BCUT2D eigenvalue weighted by molar-refractivity contribution is -0.0566. The SMILES string of the molecule is Cn1cc(C(=O)N[C@H]2C[C@H]3CO[C@@H](CCO)CN3C2)cn1. The summed E-state index contributed by atoms with van der Waals surface area (Å²) in [4.78, 5) is 14.5. The van der Waals surface area contributed by atoms with Gasteiger partial charge in [-0.05, 0) is 12.8 Å². The predicted octanol–water partition coefficient (Wildman–Crippen LogP) is -0.626. The second-order valence-corrected chi connectivity index (χ2v) is 5.88. The Hall–Kier alpha value is -1.44. The standard InChI is InChI=1S/C14H22N4O3/c1-17-6-10(5-15-17)14(20)16-11-4-12-9-21-13(2-3-19)8-18(12)7-11/h5-6,11-13,19H,2-4,7-9H2,1H3,(H,16,20)/t11-,12-,13-/m0/s1. The lowest BCUT2D eigenvalue weighted by Crippen LogP contribution is -2.46. The third kappa shape index (κ3) is 3.25. The average Bonchev–Trinajstić information content (AvgIpc) is 3.04. The minimum Gasteiger partial charge on any atom is -0.396 e. The Morgan fingerprint density at radius 1 is 1.57 bits per heavy atom. The van der Waals surface area contributed by atoms with Gasteiger partial charge in [0.15, 0.2) is 0 Å². The molecule has 2 aliphatic rings. The van der Waals surface area contributed by atoms with E-state index in [1.807, 2.05) is 0 Å². The van der Waals surface area contributed by atoms with Crippen molar-refractivity contribution in [3.8, 4) is 0 Å². The number of aryl methyl sites for hydroxylation is 1. The molecule has 3 heterocycles. The van der Waals surface area contributed by atoms with E-state index in [-0.39, 0.29) is 24.7 Å². The highest BCUT2D eigenvalue weighted by atomic mass is 16.5. The zero-order valence-electron chi connectivity index (χ0n) is 12.2. The third-order valence-corrected chi connectivity index (χ3v) is 4.24. The molecule has 1 amide bonds. The number of rotatable bonds is 4.